The first-order valence-corrected chi connectivity index (χ1v) is 6.24. The number of hydrogen-bond donors (Lipinski definition) is 0. The van der Waals surface area contributed by atoms with Crippen molar-refractivity contribution < 1.29 is 19.1 Å². The Hall–Kier alpha value is -0.995. The van der Waals surface area contributed by atoms with E-state index in [0.29, 0.717) is 0 Å². The SMILES string of the molecule is BC(OC=O)OC(=O)C(C)(C)CCCCCC. The van der Waals surface area contributed by atoms with Gasteiger partial charge in [-0.1, -0.05) is 32.6 Å². The first-order valence-electron chi connectivity index (χ1n) is 6.24. The van der Waals surface area contributed by atoms with Crippen LogP contribution in [0.4, 0.5) is 0 Å². The maximum Gasteiger partial charge on any atom is 0.313 e. The van der Waals surface area contributed by atoms with Gasteiger partial charge in [0.05, 0.1) is 5.41 Å². The number of carbonyl (C=O) groups is 2. The van der Waals surface area contributed by atoms with Gasteiger partial charge in [-0.25, -0.2) is 0 Å². The molecule has 0 aliphatic carbocycles. The Balaban J connectivity index is 4.01. The molecule has 0 amide bonds. The van der Waals surface area contributed by atoms with Gasteiger partial charge in [-0.15, -0.1) is 0 Å². The minimum Gasteiger partial charge on any atom is -0.437 e. The molecule has 0 N–H and O–H groups in total. The van der Waals surface area contributed by atoms with E-state index in [1.165, 1.54) is 20.7 Å². The maximum absolute atomic E-state index is 11.8. The second kappa shape index (κ2) is 8.15. The lowest BCUT2D eigenvalue weighted by Crippen LogP contribution is -2.32. The van der Waals surface area contributed by atoms with Crippen molar-refractivity contribution in [3.8, 4) is 0 Å². The van der Waals surface area contributed by atoms with Crippen LogP contribution < -0.4 is 0 Å². The Morgan fingerprint density at radius 3 is 2.53 bits per heavy atom. The lowest BCUT2D eigenvalue weighted by Gasteiger charge is -2.24. The second-order valence-electron chi connectivity index (χ2n) is 4.90. The van der Waals surface area contributed by atoms with Gasteiger partial charge in [0, 0.05) is 0 Å². The molecular formula is C12H23BO4. The Morgan fingerprint density at radius 2 is 2.00 bits per heavy atom. The van der Waals surface area contributed by atoms with E-state index in [9.17, 15) is 9.59 Å². The van der Waals surface area contributed by atoms with Crippen molar-refractivity contribution in [2.45, 2.75) is 59.1 Å². The molecule has 0 aromatic heterocycles. The molecule has 4 nitrogen and oxygen atoms in total. The van der Waals surface area contributed by atoms with Gasteiger partial charge in [0.2, 0.25) is 14.0 Å². The van der Waals surface area contributed by atoms with E-state index in [1.54, 1.807) is 0 Å². The minimum atomic E-state index is -0.810. The number of ether oxygens (including phenoxy) is 2. The molecule has 1 unspecified atom stereocenters. The third-order valence-corrected chi connectivity index (χ3v) is 2.73. The monoisotopic (exact) mass is 242 g/mol. The van der Waals surface area contributed by atoms with Crippen LogP contribution in [0.25, 0.3) is 0 Å². The molecule has 0 fully saturated rings. The summed E-state index contributed by atoms with van der Waals surface area (Å²) in [6.45, 7) is 6.15. The van der Waals surface area contributed by atoms with Crippen LogP contribution in [0.15, 0.2) is 0 Å². The fraction of sp³-hybridized carbons (Fsp3) is 0.833. The number of rotatable bonds is 9. The minimum absolute atomic E-state index is 0.284. The van der Waals surface area contributed by atoms with Crippen LogP contribution in [0.5, 0.6) is 0 Å². The highest BCUT2D eigenvalue weighted by Crippen LogP contribution is 2.26. The van der Waals surface area contributed by atoms with E-state index in [4.69, 9.17) is 4.74 Å². The third-order valence-electron chi connectivity index (χ3n) is 2.73. The summed E-state index contributed by atoms with van der Waals surface area (Å²) in [5.41, 5.74) is -0.520. The van der Waals surface area contributed by atoms with Gasteiger partial charge in [-0.05, 0) is 20.3 Å². The van der Waals surface area contributed by atoms with E-state index in [2.05, 4.69) is 11.7 Å². The molecule has 0 saturated carbocycles. The lowest BCUT2D eigenvalue weighted by molar-refractivity contribution is -0.175. The average Bonchev–Trinajstić information content (AvgIpc) is 2.24. The summed E-state index contributed by atoms with van der Waals surface area (Å²) in [6, 6.07) is 0. The van der Waals surface area contributed by atoms with Crippen molar-refractivity contribution in [2.24, 2.45) is 5.41 Å². The van der Waals surface area contributed by atoms with Crippen molar-refractivity contribution in [1.29, 1.82) is 0 Å². The third kappa shape index (κ3) is 7.03. The number of carbonyl (C=O) groups excluding carboxylic acids is 2. The Morgan fingerprint density at radius 1 is 1.35 bits per heavy atom. The van der Waals surface area contributed by atoms with E-state index < -0.39 is 11.6 Å². The summed E-state index contributed by atoms with van der Waals surface area (Å²) in [5, 5.41) is 0. The van der Waals surface area contributed by atoms with Gasteiger partial charge >= 0.3 is 5.97 Å². The van der Waals surface area contributed by atoms with Crippen LogP contribution in [-0.2, 0) is 19.1 Å². The lowest BCUT2D eigenvalue weighted by atomic mass is 9.87. The quantitative estimate of drug-likeness (QED) is 0.203. The molecule has 0 bridgehead atoms. The summed E-state index contributed by atoms with van der Waals surface area (Å²) in [4.78, 5) is 21.9. The zero-order valence-electron chi connectivity index (χ0n) is 11.3. The van der Waals surface area contributed by atoms with Gasteiger partial charge in [0.1, 0.15) is 0 Å². The van der Waals surface area contributed by atoms with Crippen LogP contribution in [0.2, 0.25) is 0 Å². The molecule has 1 atom stereocenters. The predicted octanol–water partition coefficient (Wildman–Crippen LogP) is 1.62. The fourth-order valence-corrected chi connectivity index (χ4v) is 1.51. The highest BCUT2D eigenvalue weighted by molar-refractivity contribution is 6.11. The Bertz CT molecular complexity index is 241. The van der Waals surface area contributed by atoms with Gasteiger partial charge in [-0.2, -0.15) is 0 Å². The molecule has 98 valence electrons. The molecular weight excluding hydrogens is 219 g/mol. The molecule has 5 heteroatoms. The molecule has 0 rings (SSSR count). The normalized spacial score (nSPS) is 12.9. The van der Waals surface area contributed by atoms with Crippen molar-refractivity contribution >= 4 is 20.3 Å². The largest absolute Gasteiger partial charge is 0.437 e. The fourth-order valence-electron chi connectivity index (χ4n) is 1.51. The molecule has 0 aromatic carbocycles. The summed E-state index contributed by atoms with van der Waals surface area (Å²) < 4.78 is 9.55. The van der Waals surface area contributed by atoms with Crippen molar-refractivity contribution in [1.82, 2.24) is 0 Å². The van der Waals surface area contributed by atoms with Crippen molar-refractivity contribution in [2.75, 3.05) is 0 Å². The van der Waals surface area contributed by atoms with Crippen molar-refractivity contribution in [3.05, 3.63) is 0 Å². The summed E-state index contributed by atoms with van der Waals surface area (Å²) in [5.74, 6) is -0.316. The number of hydrogen-bond acceptors (Lipinski definition) is 4. The molecule has 0 aliphatic rings. The van der Waals surface area contributed by atoms with Gasteiger partial charge in [-0.3, -0.25) is 9.59 Å². The first kappa shape index (κ1) is 16.0. The molecule has 0 aliphatic heterocycles. The van der Waals surface area contributed by atoms with E-state index in [-0.39, 0.29) is 12.4 Å². The topological polar surface area (TPSA) is 52.6 Å². The molecule has 17 heavy (non-hydrogen) atoms. The summed E-state index contributed by atoms with van der Waals surface area (Å²) in [7, 11) is 1.53. The second-order valence-corrected chi connectivity index (χ2v) is 4.90. The van der Waals surface area contributed by atoms with Crippen LogP contribution in [0.1, 0.15) is 52.9 Å². The van der Waals surface area contributed by atoms with Crippen molar-refractivity contribution in [3.63, 3.8) is 0 Å². The molecule has 0 spiro atoms. The number of unbranched alkanes of at least 4 members (excludes halogenated alkanes) is 3. The van der Waals surface area contributed by atoms with E-state index in [0.717, 1.165) is 19.3 Å². The van der Waals surface area contributed by atoms with Crippen LogP contribution in [-0.4, -0.2) is 26.5 Å². The summed E-state index contributed by atoms with van der Waals surface area (Å²) >= 11 is 0. The molecule has 0 aromatic rings. The molecule has 0 heterocycles. The average molecular weight is 242 g/mol. The predicted molar refractivity (Wildman–Crippen MR) is 68.1 cm³/mol. The van der Waals surface area contributed by atoms with Crippen LogP contribution >= 0.6 is 0 Å². The molecule has 0 saturated heterocycles. The molecule has 0 radical (unpaired) electrons. The Labute approximate surface area is 104 Å². The zero-order valence-corrected chi connectivity index (χ0v) is 11.3. The van der Waals surface area contributed by atoms with Gasteiger partial charge in [0.15, 0.2) is 0 Å². The maximum atomic E-state index is 11.8. The zero-order chi connectivity index (χ0) is 13.3. The highest BCUT2D eigenvalue weighted by atomic mass is 16.7. The van der Waals surface area contributed by atoms with Crippen LogP contribution in [0, 0.1) is 5.41 Å². The van der Waals surface area contributed by atoms with E-state index in [1.807, 2.05) is 13.8 Å². The summed E-state index contributed by atoms with van der Waals surface area (Å²) in [6.07, 6.45) is 4.49. The standard InChI is InChI=1S/C12H23BO4/c1-4-5-6-7-8-12(2,3)10(15)17-11(13)16-9-14/h9,11H,4-8,13H2,1-3H3. The smallest absolute Gasteiger partial charge is 0.313 e. The van der Waals surface area contributed by atoms with Crippen LogP contribution in [0.3, 0.4) is 0 Å². The van der Waals surface area contributed by atoms with E-state index >= 15 is 0 Å². The first-order chi connectivity index (χ1) is 7.94. The number of esters is 1. The highest BCUT2D eigenvalue weighted by Gasteiger charge is 2.30. The van der Waals surface area contributed by atoms with Gasteiger partial charge in [0.25, 0.3) is 6.47 Å². The Kier molecular flexibility index (Phi) is 7.67. The van der Waals surface area contributed by atoms with Gasteiger partial charge < -0.3 is 9.47 Å².